The summed E-state index contributed by atoms with van der Waals surface area (Å²) in [4.78, 5) is 4.37. The van der Waals surface area contributed by atoms with Gasteiger partial charge in [0.15, 0.2) is 11.6 Å². The second-order valence-corrected chi connectivity index (χ2v) is 4.88. The highest BCUT2D eigenvalue weighted by Crippen LogP contribution is 2.26. The van der Waals surface area contributed by atoms with Crippen molar-refractivity contribution in [2.24, 2.45) is 0 Å². The summed E-state index contributed by atoms with van der Waals surface area (Å²) >= 11 is 3.34. The minimum Gasteiger partial charge on any atom is -0.497 e. The Kier molecular flexibility index (Phi) is 2.87. The van der Waals surface area contributed by atoms with E-state index < -0.39 is 0 Å². The van der Waals surface area contributed by atoms with E-state index in [2.05, 4.69) is 26.0 Å². The molecule has 0 aliphatic heterocycles. The first-order valence-corrected chi connectivity index (χ1v) is 6.42. The largest absolute Gasteiger partial charge is 0.497 e. The van der Waals surface area contributed by atoms with Crippen molar-refractivity contribution in [2.75, 3.05) is 12.8 Å². The molecule has 2 N–H and O–H groups in total. The summed E-state index contributed by atoms with van der Waals surface area (Å²) in [6.07, 6.45) is 3.53. The van der Waals surface area contributed by atoms with Gasteiger partial charge in [0.25, 0.3) is 0 Å². The molecule has 0 bridgehead atoms. The maximum atomic E-state index is 5.74. The average Bonchev–Trinajstić information content (AvgIpc) is 2.77. The molecule has 0 amide bonds. The molecule has 2 heterocycles. The van der Waals surface area contributed by atoms with Crippen LogP contribution in [0.2, 0.25) is 0 Å². The van der Waals surface area contributed by atoms with Crippen LogP contribution in [-0.2, 0) is 0 Å². The van der Waals surface area contributed by atoms with Gasteiger partial charge in [-0.1, -0.05) is 0 Å². The van der Waals surface area contributed by atoms with Crippen molar-refractivity contribution >= 4 is 32.5 Å². The van der Waals surface area contributed by atoms with Crippen molar-refractivity contribution in [3.63, 3.8) is 0 Å². The van der Waals surface area contributed by atoms with Gasteiger partial charge in [-0.15, -0.1) is 5.10 Å². The van der Waals surface area contributed by atoms with Gasteiger partial charge >= 0.3 is 0 Å². The molecule has 5 nitrogen and oxygen atoms in total. The topological polar surface area (TPSA) is 66.0 Å². The van der Waals surface area contributed by atoms with Crippen LogP contribution in [0.1, 0.15) is 0 Å². The Bertz CT molecular complexity index is 734. The maximum Gasteiger partial charge on any atom is 0.161 e. The molecule has 3 aromatic rings. The molecule has 96 valence electrons. The van der Waals surface area contributed by atoms with Crippen LogP contribution in [-0.4, -0.2) is 21.9 Å². The molecule has 0 radical (unpaired) electrons. The van der Waals surface area contributed by atoms with Crippen LogP contribution < -0.4 is 10.5 Å². The van der Waals surface area contributed by atoms with E-state index in [1.54, 1.807) is 24.2 Å². The standard InChI is InChI=1S/C13H11BrN4O/c1-19-9-2-3-10-8(6-9)4-5-16-13(10)18-7-11(14)12(15)17-18/h2-7H,1H3,(H2,15,17). The number of hydrogen-bond donors (Lipinski definition) is 1. The number of halogens is 1. The van der Waals surface area contributed by atoms with E-state index in [4.69, 9.17) is 10.5 Å². The Labute approximate surface area is 118 Å². The Morgan fingerprint density at radius 3 is 2.84 bits per heavy atom. The van der Waals surface area contributed by atoms with Crippen LogP contribution in [0.5, 0.6) is 5.75 Å². The van der Waals surface area contributed by atoms with E-state index in [1.165, 1.54) is 0 Å². The summed E-state index contributed by atoms with van der Waals surface area (Å²) in [5.74, 6) is 1.98. The summed E-state index contributed by atoms with van der Waals surface area (Å²) in [6, 6.07) is 7.75. The number of hydrogen-bond acceptors (Lipinski definition) is 4. The fraction of sp³-hybridized carbons (Fsp3) is 0.0769. The number of rotatable bonds is 2. The monoisotopic (exact) mass is 318 g/mol. The van der Waals surface area contributed by atoms with Crippen LogP contribution in [0, 0.1) is 0 Å². The van der Waals surface area contributed by atoms with Crippen molar-refractivity contribution in [1.82, 2.24) is 14.8 Å². The number of pyridine rings is 1. The van der Waals surface area contributed by atoms with Gasteiger partial charge in [0.05, 0.1) is 11.6 Å². The van der Waals surface area contributed by atoms with E-state index in [-0.39, 0.29) is 0 Å². The summed E-state index contributed by atoms with van der Waals surface area (Å²) in [5, 5.41) is 6.25. The number of methoxy groups -OCH3 is 1. The molecule has 2 aromatic heterocycles. The van der Waals surface area contributed by atoms with Crippen molar-refractivity contribution in [3.8, 4) is 11.6 Å². The van der Waals surface area contributed by atoms with E-state index in [9.17, 15) is 0 Å². The van der Waals surface area contributed by atoms with Gasteiger partial charge in [-0.05, 0) is 45.6 Å². The first-order valence-electron chi connectivity index (χ1n) is 5.63. The number of nitrogens with zero attached hydrogens (tertiary/aromatic N) is 3. The van der Waals surface area contributed by atoms with Gasteiger partial charge in [0.1, 0.15) is 5.75 Å². The number of ether oxygens (including phenoxy) is 1. The van der Waals surface area contributed by atoms with Crippen LogP contribution in [0.3, 0.4) is 0 Å². The first-order chi connectivity index (χ1) is 9.19. The lowest BCUT2D eigenvalue weighted by molar-refractivity contribution is 0.415. The Morgan fingerprint density at radius 1 is 1.32 bits per heavy atom. The predicted octanol–water partition coefficient (Wildman–Crippen LogP) is 2.77. The Balaban J connectivity index is 2.24. The fourth-order valence-electron chi connectivity index (χ4n) is 1.92. The molecule has 19 heavy (non-hydrogen) atoms. The van der Waals surface area contributed by atoms with Gasteiger partial charge in [-0.3, -0.25) is 0 Å². The molecule has 0 spiro atoms. The van der Waals surface area contributed by atoms with E-state index >= 15 is 0 Å². The molecule has 0 saturated carbocycles. The third-order valence-corrected chi connectivity index (χ3v) is 3.47. The second-order valence-electron chi connectivity index (χ2n) is 4.03. The van der Waals surface area contributed by atoms with E-state index in [0.717, 1.165) is 26.8 Å². The fourth-order valence-corrected chi connectivity index (χ4v) is 2.20. The van der Waals surface area contributed by atoms with Crippen LogP contribution in [0.15, 0.2) is 41.1 Å². The first kappa shape index (κ1) is 12.0. The minimum atomic E-state index is 0.437. The number of aromatic nitrogens is 3. The third kappa shape index (κ3) is 2.04. The highest BCUT2D eigenvalue weighted by molar-refractivity contribution is 9.10. The molecular formula is C13H11BrN4O. The molecule has 3 rings (SSSR count). The molecule has 6 heteroatoms. The van der Waals surface area contributed by atoms with Gasteiger partial charge in [-0.2, -0.15) is 0 Å². The number of anilines is 1. The highest BCUT2D eigenvalue weighted by atomic mass is 79.9. The molecule has 0 aliphatic carbocycles. The SMILES string of the molecule is COc1ccc2c(-n3cc(Br)c(N)n3)nccc2c1. The van der Waals surface area contributed by atoms with Crippen molar-refractivity contribution in [2.45, 2.75) is 0 Å². The third-order valence-electron chi connectivity index (χ3n) is 2.86. The minimum absolute atomic E-state index is 0.437. The molecule has 0 unspecified atom stereocenters. The zero-order valence-corrected chi connectivity index (χ0v) is 11.8. The molecular weight excluding hydrogens is 308 g/mol. The average molecular weight is 319 g/mol. The molecule has 0 saturated heterocycles. The van der Waals surface area contributed by atoms with E-state index in [0.29, 0.717) is 5.82 Å². The summed E-state index contributed by atoms with van der Waals surface area (Å²) in [5.41, 5.74) is 5.74. The highest BCUT2D eigenvalue weighted by Gasteiger charge is 2.09. The predicted molar refractivity (Wildman–Crippen MR) is 77.5 cm³/mol. The van der Waals surface area contributed by atoms with Crippen LogP contribution in [0.4, 0.5) is 5.82 Å². The Hall–Kier alpha value is -2.08. The Morgan fingerprint density at radius 2 is 2.16 bits per heavy atom. The lowest BCUT2D eigenvalue weighted by atomic mass is 10.1. The molecule has 0 aliphatic rings. The smallest absolute Gasteiger partial charge is 0.161 e. The van der Waals surface area contributed by atoms with Crippen LogP contribution in [0.25, 0.3) is 16.6 Å². The lowest BCUT2D eigenvalue weighted by Crippen LogP contribution is -2.00. The van der Waals surface area contributed by atoms with Crippen molar-refractivity contribution < 1.29 is 4.74 Å². The summed E-state index contributed by atoms with van der Waals surface area (Å²) in [6.45, 7) is 0. The maximum absolute atomic E-state index is 5.74. The number of nitrogen functional groups attached to an aromatic ring is 1. The number of benzene rings is 1. The van der Waals surface area contributed by atoms with Crippen molar-refractivity contribution in [1.29, 1.82) is 0 Å². The van der Waals surface area contributed by atoms with Gasteiger partial charge < -0.3 is 10.5 Å². The molecule has 0 atom stereocenters. The number of nitrogens with two attached hydrogens (primary N) is 1. The van der Waals surface area contributed by atoms with Crippen LogP contribution >= 0.6 is 15.9 Å². The summed E-state index contributed by atoms with van der Waals surface area (Å²) < 4.78 is 7.63. The quantitative estimate of drug-likeness (QED) is 0.789. The number of fused-ring (bicyclic) bond motifs is 1. The van der Waals surface area contributed by atoms with E-state index in [1.807, 2.05) is 24.3 Å². The molecule has 0 fully saturated rings. The molecule has 1 aromatic carbocycles. The lowest BCUT2D eigenvalue weighted by Gasteiger charge is -2.06. The van der Waals surface area contributed by atoms with Crippen molar-refractivity contribution in [3.05, 3.63) is 41.1 Å². The van der Waals surface area contributed by atoms with Gasteiger partial charge in [0.2, 0.25) is 0 Å². The van der Waals surface area contributed by atoms with Gasteiger partial charge in [-0.25, -0.2) is 9.67 Å². The summed E-state index contributed by atoms with van der Waals surface area (Å²) in [7, 11) is 1.65. The normalized spacial score (nSPS) is 10.8. The zero-order valence-electron chi connectivity index (χ0n) is 10.2. The van der Waals surface area contributed by atoms with Gasteiger partial charge in [0, 0.05) is 17.8 Å². The second kappa shape index (κ2) is 4.55. The zero-order chi connectivity index (χ0) is 13.4.